The number of rotatable bonds is 4. The highest BCUT2D eigenvalue weighted by atomic mass is 79.9. The molecule has 0 heterocycles. The largest absolute Gasteiger partial charge is 0.469 e. The van der Waals surface area contributed by atoms with Crippen molar-refractivity contribution in [2.24, 2.45) is 0 Å². The number of hydrogen-bond acceptors (Lipinski definition) is 3. The SMILES string of the molecule is COC(=O)Cc1cc(OC(F)F)cc(Br)c1Br. The van der Waals surface area contributed by atoms with Crippen molar-refractivity contribution in [2.45, 2.75) is 13.0 Å². The molecule has 0 unspecified atom stereocenters. The quantitative estimate of drug-likeness (QED) is 0.757. The van der Waals surface area contributed by atoms with Gasteiger partial charge in [0.2, 0.25) is 0 Å². The van der Waals surface area contributed by atoms with Gasteiger partial charge in [-0.15, -0.1) is 0 Å². The molecule has 17 heavy (non-hydrogen) atoms. The van der Waals surface area contributed by atoms with Gasteiger partial charge in [-0.3, -0.25) is 4.79 Å². The first-order valence-corrected chi connectivity index (χ1v) is 6.02. The van der Waals surface area contributed by atoms with Crippen LogP contribution in [0.3, 0.4) is 0 Å². The number of alkyl halides is 2. The van der Waals surface area contributed by atoms with E-state index in [2.05, 4.69) is 41.3 Å². The van der Waals surface area contributed by atoms with Crippen LogP contribution >= 0.6 is 31.9 Å². The molecule has 0 radical (unpaired) electrons. The molecule has 0 amide bonds. The lowest BCUT2D eigenvalue weighted by molar-refractivity contribution is -0.139. The number of benzene rings is 1. The fraction of sp³-hybridized carbons (Fsp3) is 0.300. The zero-order valence-electron chi connectivity index (χ0n) is 8.68. The van der Waals surface area contributed by atoms with Crippen LogP contribution in [0.1, 0.15) is 5.56 Å². The summed E-state index contributed by atoms with van der Waals surface area (Å²) in [6, 6.07) is 2.74. The molecule has 3 nitrogen and oxygen atoms in total. The molecule has 0 spiro atoms. The third kappa shape index (κ3) is 4.23. The number of esters is 1. The average molecular weight is 374 g/mol. The minimum Gasteiger partial charge on any atom is -0.469 e. The highest BCUT2D eigenvalue weighted by Gasteiger charge is 2.13. The van der Waals surface area contributed by atoms with Crippen LogP contribution in [-0.4, -0.2) is 19.7 Å². The van der Waals surface area contributed by atoms with Crippen LogP contribution in [0.5, 0.6) is 5.75 Å². The van der Waals surface area contributed by atoms with E-state index in [4.69, 9.17) is 0 Å². The molecule has 0 atom stereocenters. The summed E-state index contributed by atoms with van der Waals surface area (Å²) in [6.07, 6.45) is -0.0316. The van der Waals surface area contributed by atoms with Crippen LogP contribution in [0.2, 0.25) is 0 Å². The van der Waals surface area contributed by atoms with E-state index in [9.17, 15) is 13.6 Å². The lowest BCUT2D eigenvalue weighted by Gasteiger charge is -2.10. The molecular formula is C10H8Br2F2O3. The smallest absolute Gasteiger partial charge is 0.387 e. The van der Waals surface area contributed by atoms with Gasteiger partial charge in [-0.2, -0.15) is 8.78 Å². The van der Waals surface area contributed by atoms with Gasteiger partial charge in [0.1, 0.15) is 5.75 Å². The van der Waals surface area contributed by atoms with Crippen molar-refractivity contribution in [1.29, 1.82) is 0 Å². The summed E-state index contributed by atoms with van der Waals surface area (Å²) < 4.78 is 34.0. The van der Waals surface area contributed by atoms with E-state index >= 15 is 0 Å². The van der Waals surface area contributed by atoms with E-state index in [1.54, 1.807) is 0 Å². The highest BCUT2D eigenvalue weighted by molar-refractivity contribution is 9.13. The summed E-state index contributed by atoms with van der Waals surface area (Å²) in [5.41, 5.74) is 0.502. The predicted octanol–water partition coefficient (Wildman–Crippen LogP) is 3.53. The molecule has 0 N–H and O–H groups in total. The fourth-order valence-corrected chi connectivity index (χ4v) is 1.99. The van der Waals surface area contributed by atoms with Crippen LogP contribution in [-0.2, 0) is 16.0 Å². The molecule has 0 aliphatic heterocycles. The molecule has 0 aromatic heterocycles. The first kappa shape index (κ1) is 14.4. The van der Waals surface area contributed by atoms with Crippen molar-refractivity contribution >= 4 is 37.8 Å². The molecule has 0 bridgehead atoms. The molecule has 0 saturated carbocycles. The van der Waals surface area contributed by atoms with Crippen molar-refractivity contribution in [3.8, 4) is 5.75 Å². The van der Waals surface area contributed by atoms with E-state index in [1.165, 1.54) is 19.2 Å². The standard InChI is InChI=1S/C10H8Br2F2O3/c1-16-8(15)3-5-2-6(17-10(13)14)4-7(11)9(5)12/h2,4,10H,3H2,1H3. The molecule has 7 heteroatoms. The minimum absolute atomic E-state index is 0.0195. The Kier molecular flexibility index (Phi) is 5.32. The van der Waals surface area contributed by atoms with E-state index in [0.717, 1.165) is 0 Å². The molecule has 0 saturated heterocycles. The molecule has 1 aromatic carbocycles. The van der Waals surface area contributed by atoms with Gasteiger partial charge in [-0.1, -0.05) is 0 Å². The Morgan fingerprint density at radius 1 is 1.41 bits per heavy atom. The lowest BCUT2D eigenvalue weighted by Crippen LogP contribution is -2.07. The summed E-state index contributed by atoms with van der Waals surface area (Å²) in [7, 11) is 1.25. The summed E-state index contributed by atoms with van der Waals surface area (Å²) in [5.74, 6) is -0.485. The van der Waals surface area contributed by atoms with Gasteiger partial charge < -0.3 is 9.47 Å². The molecule has 0 fully saturated rings. The van der Waals surface area contributed by atoms with Gasteiger partial charge in [0.05, 0.1) is 13.5 Å². The zero-order valence-corrected chi connectivity index (χ0v) is 11.8. The van der Waals surface area contributed by atoms with Crippen LogP contribution in [0, 0.1) is 0 Å². The van der Waals surface area contributed by atoms with Crippen LogP contribution in [0.4, 0.5) is 8.78 Å². The molecule has 1 rings (SSSR count). The second-order valence-electron chi connectivity index (χ2n) is 3.01. The first-order chi connectivity index (χ1) is 7.93. The van der Waals surface area contributed by atoms with Crippen molar-refractivity contribution in [2.75, 3.05) is 7.11 Å². The molecular weight excluding hydrogens is 366 g/mol. The van der Waals surface area contributed by atoms with Crippen LogP contribution in [0.25, 0.3) is 0 Å². The fourth-order valence-electron chi connectivity index (χ4n) is 1.15. The highest BCUT2D eigenvalue weighted by Crippen LogP contribution is 2.32. The molecule has 1 aromatic rings. The number of carbonyl (C=O) groups excluding carboxylic acids is 1. The third-order valence-corrected chi connectivity index (χ3v) is 3.96. The molecule has 0 aliphatic rings. The second kappa shape index (κ2) is 6.30. The Balaban J connectivity index is 3.02. The van der Waals surface area contributed by atoms with Crippen LogP contribution < -0.4 is 4.74 Å². The van der Waals surface area contributed by atoms with Gasteiger partial charge in [0.15, 0.2) is 0 Å². The van der Waals surface area contributed by atoms with Crippen molar-refractivity contribution < 1.29 is 23.0 Å². The van der Waals surface area contributed by atoms with Gasteiger partial charge in [-0.25, -0.2) is 0 Å². The maximum atomic E-state index is 12.1. The Morgan fingerprint density at radius 2 is 2.06 bits per heavy atom. The van der Waals surface area contributed by atoms with Crippen molar-refractivity contribution in [1.82, 2.24) is 0 Å². The Hall–Kier alpha value is -0.690. The van der Waals surface area contributed by atoms with Gasteiger partial charge in [-0.05, 0) is 49.6 Å². The number of ether oxygens (including phenoxy) is 2. The average Bonchev–Trinajstić information content (AvgIpc) is 2.24. The Labute approximate surface area is 113 Å². The van der Waals surface area contributed by atoms with E-state index < -0.39 is 12.6 Å². The van der Waals surface area contributed by atoms with Gasteiger partial charge >= 0.3 is 12.6 Å². The topological polar surface area (TPSA) is 35.5 Å². The van der Waals surface area contributed by atoms with Crippen molar-refractivity contribution in [3.05, 3.63) is 26.6 Å². The third-order valence-electron chi connectivity index (χ3n) is 1.86. The maximum absolute atomic E-state index is 12.1. The summed E-state index contributed by atoms with van der Waals surface area (Å²) in [4.78, 5) is 11.1. The van der Waals surface area contributed by atoms with E-state index in [-0.39, 0.29) is 12.2 Å². The summed E-state index contributed by atoms with van der Waals surface area (Å²) in [6.45, 7) is -2.91. The summed E-state index contributed by atoms with van der Waals surface area (Å²) >= 11 is 6.42. The van der Waals surface area contributed by atoms with E-state index in [0.29, 0.717) is 14.5 Å². The zero-order chi connectivity index (χ0) is 13.0. The Bertz CT molecular complexity index is 424. The lowest BCUT2D eigenvalue weighted by atomic mass is 10.1. The predicted molar refractivity (Wildman–Crippen MR) is 64.2 cm³/mol. The number of hydrogen-bond donors (Lipinski definition) is 0. The normalized spacial score (nSPS) is 10.5. The molecule has 94 valence electrons. The Morgan fingerprint density at radius 3 is 2.59 bits per heavy atom. The number of carbonyl (C=O) groups is 1. The minimum atomic E-state index is -2.91. The monoisotopic (exact) mass is 372 g/mol. The van der Waals surface area contributed by atoms with E-state index in [1.807, 2.05) is 0 Å². The summed E-state index contributed by atoms with van der Waals surface area (Å²) in [5, 5.41) is 0. The van der Waals surface area contributed by atoms with Crippen molar-refractivity contribution in [3.63, 3.8) is 0 Å². The maximum Gasteiger partial charge on any atom is 0.387 e. The van der Waals surface area contributed by atoms with Gasteiger partial charge in [0.25, 0.3) is 0 Å². The first-order valence-electron chi connectivity index (χ1n) is 4.43. The number of methoxy groups -OCH3 is 1. The van der Waals surface area contributed by atoms with Crippen LogP contribution in [0.15, 0.2) is 21.1 Å². The second-order valence-corrected chi connectivity index (χ2v) is 4.66. The molecule has 0 aliphatic carbocycles. The number of halogens is 4. The van der Waals surface area contributed by atoms with Gasteiger partial charge in [0, 0.05) is 8.95 Å².